The molecule has 4 nitrogen and oxygen atoms in total. The SMILES string of the molecule is CCCC(=O)NCCN(C(C)=O)C1CC1. The quantitative estimate of drug-likeness (QED) is 0.711. The van der Waals surface area contributed by atoms with Gasteiger partial charge in [0.1, 0.15) is 0 Å². The van der Waals surface area contributed by atoms with Gasteiger partial charge in [-0.15, -0.1) is 0 Å². The van der Waals surface area contributed by atoms with Crippen LogP contribution in [0.4, 0.5) is 0 Å². The van der Waals surface area contributed by atoms with E-state index in [0.29, 0.717) is 25.6 Å². The summed E-state index contributed by atoms with van der Waals surface area (Å²) in [7, 11) is 0. The Morgan fingerprint density at radius 1 is 1.40 bits per heavy atom. The highest BCUT2D eigenvalue weighted by atomic mass is 16.2. The Hall–Kier alpha value is -1.06. The summed E-state index contributed by atoms with van der Waals surface area (Å²) in [6, 6.07) is 0.436. The summed E-state index contributed by atoms with van der Waals surface area (Å²) in [6.45, 7) is 4.79. The molecule has 0 aromatic rings. The molecule has 4 heteroatoms. The summed E-state index contributed by atoms with van der Waals surface area (Å²) < 4.78 is 0. The summed E-state index contributed by atoms with van der Waals surface area (Å²) in [5.74, 6) is 0.194. The molecule has 0 unspecified atom stereocenters. The van der Waals surface area contributed by atoms with Gasteiger partial charge in [-0.05, 0) is 19.3 Å². The molecule has 2 amide bonds. The highest BCUT2D eigenvalue weighted by molar-refractivity contribution is 5.76. The van der Waals surface area contributed by atoms with Gasteiger partial charge in [0.2, 0.25) is 11.8 Å². The molecule has 0 saturated heterocycles. The van der Waals surface area contributed by atoms with Crippen LogP contribution in [0.1, 0.15) is 39.5 Å². The Balaban J connectivity index is 2.16. The lowest BCUT2D eigenvalue weighted by Crippen LogP contribution is -2.38. The van der Waals surface area contributed by atoms with E-state index >= 15 is 0 Å². The van der Waals surface area contributed by atoms with E-state index in [-0.39, 0.29) is 11.8 Å². The van der Waals surface area contributed by atoms with Crippen molar-refractivity contribution < 1.29 is 9.59 Å². The minimum atomic E-state index is 0.0804. The van der Waals surface area contributed by atoms with Crippen molar-refractivity contribution in [3.05, 3.63) is 0 Å². The van der Waals surface area contributed by atoms with Crippen molar-refractivity contribution >= 4 is 11.8 Å². The summed E-state index contributed by atoms with van der Waals surface area (Å²) in [6.07, 6.45) is 3.67. The van der Waals surface area contributed by atoms with Gasteiger partial charge in [0.05, 0.1) is 0 Å². The van der Waals surface area contributed by atoms with Crippen molar-refractivity contribution in [1.82, 2.24) is 10.2 Å². The Bertz CT molecular complexity index is 237. The zero-order valence-electron chi connectivity index (χ0n) is 9.58. The maximum atomic E-state index is 11.2. The van der Waals surface area contributed by atoms with Crippen LogP contribution >= 0.6 is 0 Å². The zero-order chi connectivity index (χ0) is 11.3. The third kappa shape index (κ3) is 4.32. The maximum Gasteiger partial charge on any atom is 0.220 e. The van der Waals surface area contributed by atoms with Crippen LogP contribution in [0.3, 0.4) is 0 Å². The lowest BCUT2D eigenvalue weighted by atomic mass is 10.3. The highest BCUT2D eigenvalue weighted by Gasteiger charge is 2.30. The minimum Gasteiger partial charge on any atom is -0.354 e. The molecule has 1 saturated carbocycles. The predicted molar refractivity (Wildman–Crippen MR) is 58.3 cm³/mol. The number of hydrogen-bond acceptors (Lipinski definition) is 2. The number of carbonyl (C=O) groups excluding carboxylic acids is 2. The van der Waals surface area contributed by atoms with Gasteiger partial charge in [-0.25, -0.2) is 0 Å². The number of rotatable bonds is 6. The van der Waals surface area contributed by atoms with E-state index in [4.69, 9.17) is 0 Å². The van der Waals surface area contributed by atoms with Crippen molar-refractivity contribution in [3.63, 3.8) is 0 Å². The molecular weight excluding hydrogens is 192 g/mol. The molecule has 15 heavy (non-hydrogen) atoms. The number of carbonyl (C=O) groups is 2. The van der Waals surface area contributed by atoms with Crippen LogP contribution in [0, 0.1) is 0 Å². The Morgan fingerprint density at radius 3 is 2.53 bits per heavy atom. The zero-order valence-corrected chi connectivity index (χ0v) is 9.58. The number of hydrogen-bond donors (Lipinski definition) is 1. The summed E-state index contributed by atoms with van der Waals surface area (Å²) in [4.78, 5) is 24.3. The topological polar surface area (TPSA) is 49.4 Å². The second-order valence-electron chi connectivity index (χ2n) is 4.04. The molecule has 0 bridgehead atoms. The molecule has 86 valence electrons. The van der Waals surface area contributed by atoms with Gasteiger partial charge in [0, 0.05) is 32.5 Å². The first-order valence-electron chi connectivity index (χ1n) is 5.69. The standard InChI is InChI=1S/C11H20N2O2/c1-3-4-11(15)12-7-8-13(9(2)14)10-5-6-10/h10H,3-8H2,1-2H3,(H,12,15). The van der Waals surface area contributed by atoms with Gasteiger partial charge >= 0.3 is 0 Å². The smallest absolute Gasteiger partial charge is 0.220 e. The lowest BCUT2D eigenvalue weighted by Gasteiger charge is -2.20. The molecule has 0 atom stereocenters. The monoisotopic (exact) mass is 212 g/mol. The molecule has 0 heterocycles. The Morgan fingerprint density at radius 2 is 2.07 bits per heavy atom. The normalized spacial score (nSPS) is 14.8. The van der Waals surface area contributed by atoms with Crippen LogP contribution in [0.15, 0.2) is 0 Å². The Kier molecular flexibility index (Phi) is 4.59. The fourth-order valence-corrected chi connectivity index (χ4v) is 1.61. The maximum absolute atomic E-state index is 11.2. The van der Waals surface area contributed by atoms with Crippen LogP contribution in [0.25, 0.3) is 0 Å². The van der Waals surface area contributed by atoms with Crippen LogP contribution < -0.4 is 5.32 Å². The fraction of sp³-hybridized carbons (Fsp3) is 0.818. The molecule has 0 aliphatic heterocycles. The van der Waals surface area contributed by atoms with Gasteiger partial charge in [-0.2, -0.15) is 0 Å². The van der Waals surface area contributed by atoms with Crippen LogP contribution in [0.2, 0.25) is 0 Å². The number of nitrogens with zero attached hydrogens (tertiary/aromatic N) is 1. The summed E-state index contributed by atoms with van der Waals surface area (Å²) in [5.41, 5.74) is 0. The van der Waals surface area contributed by atoms with Crippen molar-refractivity contribution in [2.75, 3.05) is 13.1 Å². The second kappa shape index (κ2) is 5.73. The average Bonchev–Trinajstić information content (AvgIpc) is 2.95. The van der Waals surface area contributed by atoms with Gasteiger partial charge < -0.3 is 10.2 Å². The van der Waals surface area contributed by atoms with E-state index in [9.17, 15) is 9.59 Å². The van der Waals surface area contributed by atoms with E-state index in [0.717, 1.165) is 19.3 Å². The second-order valence-corrected chi connectivity index (χ2v) is 4.04. The molecule has 1 rings (SSSR count). The Labute approximate surface area is 91.0 Å². The van der Waals surface area contributed by atoms with Gasteiger partial charge in [0.15, 0.2) is 0 Å². The fourth-order valence-electron chi connectivity index (χ4n) is 1.61. The van der Waals surface area contributed by atoms with Crippen LogP contribution in [-0.2, 0) is 9.59 Å². The highest BCUT2D eigenvalue weighted by Crippen LogP contribution is 2.26. The molecular formula is C11H20N2O2. The summed E-state index contributed by atoms with van der Waals surface area (Å²) in [5, 5.41) is 2.82. The first-order chi connectivity index (χ1) is 7.15. The number of nitrogens with one attached hydrogen (secondary N) is 1. The predicted octanol–water partition coefficient (Wildman–Crippen LogP) is 0.914. The van der Waals surface area contributed by atoms with E-state index in [1.165, 1.54) is 0 Å². The third-order valence-corrected chi connectivity index (χ3v) is 2.54. The molecule has 0 aromatic carbocycles. The minimum absolute atomic E-state index is 0.0804. The summed E-state index contributed by atoms with van der Waals surface area (Å²) >= 11 is 0. The first kappa shape index (κ1) is 12.0. The van der Waals surface area contributed by atoms with Crippen molar-refractivity contribution in [2.24, 2.45) is 0 Å². The van der Waals surface area contributed by atoms with E-state index in [2.05, 4.69) is 5.32 Å². The van der Waals surface area contributed by atoms with E-state index < -0.39 is 0 Å². The van der Waals surface area contributed by atoms with Crippen molar-refractivity contribution in [1.29, 1.82) is 0 Å². The molecule has 1 N–H and O–H groups in total. The van der Waals surface area contributed by atoms with Crippen LogP contribution in [-0.4, -0.2) is 35.8 Å². The first-order valence-corrected chi connectivity index (χ1v) is 5.69. The molecule has 1 aliphatic carbocycles. The van der Waals surface area contributed by atoms with Crippen molar-refractivity contribution in [2.45, 2.75) is 45.6 Å². The molecule has 1 aliphatic rings. The van der Waals surface area contributed by atoms with E-state index in [1.807, 2.05) is 11.8 Å². The molecule has 1 fully saturated rings. The number of amides is 2. The molecule has 0 spiro atoms. The average molecular weight is 212 g/mol. The third-order valence-electron chi connectivity index (χ3n) is 2.54. The molecule has 0 radical (unpaired) electrons. The van der Waals surface area contributed by atoms with Gasteiger partial charge in [0.25, 0.3) is 0 Å². The van der Waals surface area contributed by atoms with Crippen molar-refractivity contribution in [3.8, 4) is 0 Å². The lowest BCUT2D eigenvalue weighted by molar-refractivity contribution is -0.130. The van der Waals surface area contributed by atoms with Crippen LogP contribution in [0.5, 0.6) is 0 Å². The molecule has 0 aromatic heterocycles. The van der Waals surface area contributed by atoms with E-state index in [1.54, 1.807) is 6.92 Å². The van der Waals surface area contributed by atoms with Gasteiger partial charge in [-0.1, -0.05) is 6.92 Å². The van der Waals surface area contributed by atoms with Gasteiger partial charge in [-0.3, -0.25) is 9.59 Å². The largest absolute Gasteiger partial charge is 0.354 e.